The Bertz CT molecular complexity index is 7000. The SMILES string of the molecule is CC1(C)c2ccccc2C2(c3ccccc3-c3c(-c4ccc5c(ccc6cc(N(c7ccccc7)c7ccc(-c8ccccc8)cc7)ccc65)c4)cccc32)c2ccccc21.CC1(C)c2ccccc2C2(c3ccccc3-c3c(-c4ccc5c(ccc6cc(N(c7ccccc7)c7ccccc7)ccc65)c4)cccc32)c2ccccc21. The van der Waals surface area contributed by atoms with Crippen molar-refractivity contribution < 1.29 is 0 Å². The van der Waals surface area contributed by atoms with Crippen molar-refractivity contribution in [3.8, 4) is 55.6 Å². The van der Waals surface area contributed by atoms with Gasteiger partial charge in [0.2, 0.25) is 0 Å². The highest BCUT2D eigenvalue weighted by Gasteiger charge is 2.55. The Morgan fingerprint density at radius 2 is 0.414 bits per heavy atom. The summed E-state index contributed by atoms with van der Waals surface area (Å²) in [5, 5.41) is 9.96. The molecule has 2 spiro atoms. The molecule has 2 heteroatoms. The van der Waals surface area contributed by atoms with Crippen molar-refractivity contribution in [2.45, 2.75) is 49.4 Å². The largest absolute Gasteiger partial charge is 0.310 e. The maximum absolute atomic E-state index is 2.41. The summed E-state index contributed by atoms with van der Waals surface area (Å²) in [5.74, 6) is 0. The lowest BCUT2D eigenvalue weighted by molar-refractivity contribution is 0.563. The minimum absolute atomic E-state index is 0.114. The van der Waals surface area contributed by atoms with Crippen LogP contribution in [-0.4, -0.2) is 0 Å². The molecule has 0 amide bonds. The first-order valence-electron chi connectivity index (χ1n) is 40.8. The molecule has 0 bridgehead atoms. The molecule has 23 rings (SSSR count). The summed E-state index contributed by atoms with van der Waals surface area (Å²) in [7, 11) is 0. The van der Waals surface area contributed by atoms with E-state index in [1.165, 1.54) is 165 Å². The molecule has 19 aromatic rings. The number of para-hydroxylation sites is 3. The first-order chi connectivity index (χ1) is 57.1. The fourth-order valence-electron chi connectivity index (χ4n) is 21.1. The smallest absolute Gasteiger partial charge is 0.0719 e. The van der Waals surface area contributed by atoms with Crippen LogP contribution in [0.1, 0.15) is 94.5 Å². The van der Waals surface area contributed by atoms with E-state index in [0.717, 1.165) is 34.1 Å². The molecule has 0 heterocycles. The molecule has 0 radical (unpaired) electrons. The predicted molar refractivity (Wildman–Crippen MR) is 487 cm³/mol. The maximum Gasteiger partial charge on any atom is 0.0719 e. The van der Waals surface area contributed by atoms with Crippen molar-refractivity contribution in [1.29, 1.82) is 0 Å². The molecule has 116 heavy (non-hydrogen) atoms. The Balaban J connectivity index is 0.000000141. The minimum Gasteiger partial charge on any atom is -0.310 e. The number of hydrogen-bond acceptors (Lipinski definition) is 2. The van der Waals surface area contributed by atoms with Gasteiger partial charge in [0.1, 0.15) is 0 Å². The van der Waals surface area contributed by atoms with Crippen LogP contribution in [0.3, 0.4) is 0 Å². The molecular formula is C114H82N2. The first-order valence-corrected chi connectivity index (χ1v) is 40.8. The van der Waals surface area contributed by atoms with Gasteiger partial charge in [-0.3, -0.25) is 0 Å². The molecule has 2 nitrogen and oxygen atoms in total. The van der Waals surface area contributed by atoms with Gasteiger partial charge in [-0.25, -0.2) is 0 Å². The van der Waals surface area contributed by atoms with Crippen molar-refractivity contribution in [1.82, 2.24) is 0 Å². The standard InChI is InChI=1S/C60H43N.C54H39N/c1-59(2)53-23-11-13-25-55(53)60(56-26-14-12-24-54(56)59)52-22-10-9-20-51(52)58-50(21-15-27-57(58)60)43-32-36-48-42(38-43)28-29-44-39-47(35-37-49(44)48)61(45-18-7-4-8-19-45)46-33-30-41(31-34-46)40-16-5-3-6-17-40;1-53(2)47-23-11-13-25-49(47)54(50-26-14-12-24-48(50)53)46-22-10-9-20-45(46)52-44(21-15-27-51(52)54)37-30-32-42-36(34-37)28-29-38-35-41(31-33-43(38)42)55(39-16-5-3-6-17-39)40-18-7-4-8-19-40/h3-39H,1-2H3;3-35H,1-2H3. The van der Waals surface area contributed by atoms with Gasteiger partial charge in [0.25, 0.3) is 0 Å². The molecule has 0 fully saturated rings. The predicted octanol–water partition coefficient (Wildman–Crippen LogP) is 29.9. The number of rotatable bonds is 9. The molecule has 0 aromatic heterocycles. The number of hydrogen-bond donors (Lipinski definition) is 0. The Labute approximate surface area is 678 Å². The molecule has 548 valence electrons. The highest BCUT2D eigenvalue weighted by atomic mass is 15.1. The maximum atomic E-state index is 2.41. The fourth-order valence-corrected chi connectivity index (χ4v) is 21.1. The monoisotopic (exact) mass is 1480 g/mol. The van der Waals surface area contributed by atoms with E-state index in [4.69, 9.17) is 0 Å². The van der Waals surface area contributed by atoms with Crippen LogP contribution in [0.25, 0.3) is 98.7 Å². The third kappa shape index (κ3) is 10.3. The minimum atomic E-state index is -0.410. The molecule has 4 aliphatic carbocycles. The van der Waals surface area contributed by atoms with Gasteiger partial charge < -0.3 is 9.80 Å². The van der Waals surface area contributed by atoms with Gasteiger partial charge in [-0.1, -0.05) is 367 Å². The molecule has 19 aromatic carbocycles. The van der Waals surface area contributed by atoms with Crippen LogP contribution in [0.2, 0.25) is 0 Å². The molecule has 0 aliphatic heterocycles. The van der Waals surface area contributed by atoms with Crippen LogP contribution in [0.4, 0.5) is 34.1 Å². The van der Waals surface area contributed by atoms with Gasteiger partial charge in [-0.2, -0.15) is 0 Å². The third-order valence-corrected chi connectivity index (χ3v) is 26.2. The van der Waals surface area contributed by atoms with Crippen LogP contribution in [0, 0.1) is 0 Å². The van der Waals surface area contributed by atoms with Gasteiger partial charge >= 0.3 is 0 Å². The molecule has 0 atom stereocenters. The fraction of sp³-hybridized carbons (Fsp3) is 0.0702. The number of nitrogens with zero attached hydrogens (tertiary/aromatic N) is 2. The number of fused-ring (bicyclic) bond motifs is 24. The molecule has 0 N–H and O–H groups in total. The van der Waals surface area contributed by atoms with Crippen LogP contribution in [-0.2, 0) is 21.7 Å². The quantitative estimate of drug-likeness (QED) is 0.133. The second-order valence-corrected chi connectivity index (χ2v) is 32.9. The van der Waals surface area contributed by atoms with E-state index in [9.17, 15) is 0 Å². The van der Waals surface area contributed by atoms with Gasteiger partial charge in [0.05, 0.1) is 10.8 Å². The number of benzene rings is 19. The van der Waals surface area contributed by atoms with E-state index < -0.39 is 10.8 Å². The lowest BCUT2D eigenvalue weighted by Gasteiger charge is -2.46. The molecular weight excluding hydrogens is 1400 g/mol. The van der Waals surface area contributed by atoms with Crippen LogP contribution in [0.15, 0.2) is 425 Å². The molecule has 0 saturated heterocycles. The van der Waals surface area contributed by atoms with Gasteiger partial charge in [0, 0.05) is 45.0 Å². The summed E-state index contributed by atoms with van der Waals surface area (Å²) < 4.78 is 0. The van der Waals surface area contributed by atoms with Crippen LogP contribution < -0.4 is 9.80 Å². The Kier molecular flexibility index (Phi) is 15.8. The lowest BCUT2D eigenvalue weighted by Crippen LogP contribution is -2.40. The average Bonchev–Trinajstić information content (AvgIpc) is 1.49. The lowest BCUT2D eigenvalue weighted by atomic mass is 9.55. The summed E-state index contributed by atoms with van der Waals surface area (Å²) in [6.45, 7) is 9.55. The van der Waals surface area contributed by atoms with Crippen LogP contribution >= 0.6 is 0 Å². The second-order valence-electron chi connectivity index (χ2n) is 32.9. The normalized spacial score (nSPS) is 14.1. The van der Waals surface area contributed by atoms with Crippen molar-refractivity contribution in [2.75, 3.05) is 9.80 Å². The summed E-state index contributed by atoms with van der Waals surface area (Å²) >= 11 is 0. The Hall–Kier alpha value is -14.2. The second kappa shape index (κ2) is 26.7. The van der Waals surface area contributed by atoms with Crippen molar-refractivity contribution in [3.05, 3.63) is 491 Å². The summed E-state index contributed by atoms with van der Waals surface area (Å²) in [6.07, 6.45) is 0. The Morgan fingerprint density at radius 3 is 0.776 bits per heavy atom. The summed E-state index contributed by atoms with van der Waals surface area (Å²) in [5.41, 5.74) is 35.2. The van der Waals surface area contributed by atoms with E-state index in [-0.39, 0.29) is 10.8 Å². The van der Waals surface area contributed by atoms with Crippen molar-refractivity contribution >= 4 is 77.2 Å². The van der Waals surface area contributed by atoms with Gasteiger partial charge in [-0.05, 0) is 250 Å². The van der Waals surface area contributed by atoms with E-state index in [2.05, 4.69) is 462 Å². The summed E-state index contributed by atoms with van der Waals surface area (Å²) in [6, 6.07) is 158. The van der Waals surface area contributed by atoms with Crippen molar-refractivity contribution in [3.63, 3.8) is 0 Å². The van der Waals surface area contributed by atoms with Crippen LogP contribution in [0.5, 0.6) is 0 Å². The molecule has 0 saturated carbocycles. The zero-order valence-corrected chi connectivity index (χ0v) is 65.3. The van der Waals surface area contributed by atoms with Crippen molar-refractivity contribution in [2.24, 2.45) is 0 Å². The van der Waals surface area contributed by atoms with E-state index in [1.807, 2.05) is 0 Å². The number of anilines is 6. The van der Waals surface area contributed by atoms with Gasteiger partial charge in [0.15, 0.2) is 0 Å². The van der Waals surface area contributed by atoms with E-state index in [0.29, 0.717) is 0 Å². The highest BCUT2D eigenvalue weighted by molar-refractivity contribution is 6.12. The zero-order valence-electron chi connectivity index (χ0n) is 65.3. The topological polar surface area (TPSA) is 6.48 Å². The first kappa shape index (κ1) is 68.6. The van der Waals surface area contributed by atoms with E-state index in [1.54, 1.807) is 0 Å². The summed E-state index contributed by atoms with van der Waals surface area (Å²) in [4.78, 5) is 4.68. The average molecular weight is 1480 g/mol. The van der Waals surface area contributed by atoms with Gasteiger partial charge in [-0.15, -0.1) is 0 Å². The zero-order chi connectivity index (χ0) is 77.4. The highest BCUT2D eigenvalue weighted by Crippen LogP contribution is 2.66. The molecule has 0 unspecified atom stereocenters. The van der Waals surface area contributed by atoms with E-state index >= 15 is 0 Å². The molecule has 4 aliphatic rings. The Morgan fingerprint density at radius 1 is 0.164 bits per heavy atom. The third-order valence-electron chi connectivity index (χ3n) is 26.2.